The molecule has 0 aliphatic carbocycles. The first-order chi connectivity index (χ1) is 7.16. The Balaban J connectivity index is 2.03. The topological polar surface area (TPSA) is 26.3 Å². The second kappa shape index (κ2) is 4.45. The van der Waals surface area contributed by atoms with Crippen LogP contribution < -0.4 is 0 Å². The van der Waals surface area contributed by atoms with E-state index in [2.05, 4.69) is 0 Å². The summed E-state index contributed by atoms with van der Waals surface area (Å²) in [7, 11) is 0. The van der Waals surface area contributed by atoms with Crippen molar-refractivity contribution >= 4 is 17.1 Å². The Bertz CT molecular complexity index is 362. The van der Waals surface area contributed by atoms with Crippen LogP contribution in [0.3, 0.4) is 0 Å². The first-order valence-corrected chi connectivity index (χ1v) is 6.20. The zero-order chi connectivity index (χ0) is 10.8. The van der Waals surface area contributed by atoms with Crippen molar-refractivity contribution in [2.24, 2.45) is 0 Å². The summed E-state index contributed by atoms with van der Waals surface area (Å²) in [5.74, 6) is 0.240. The quantitative estimate of drug-likeness (QED) is 0.737. The van der Waals surface area contributed by atoms with Crippen LogP contribution in [0.5, 0.6) is 0 Å². The van der Waals surface area contributed by atoms with Gasteiger partial charge in [0.15, 0.2) is 5.78 Å². The van der Waals surface area contributed by atoms with Gasteiger partial charge in [-0.05, 0) is 32.8 Å². The lowest BCUT2D eigenvalue weighted by Crippen LogP contribution is -2.12. The van der Waals surface area contributed by atoms with Crippen LogP contribution in [0.25, 0.3) is 0 Å². The van der Waals surface area contributed by atoms with Crippen molar-refractivity contribution in [2.45, 2.75) is 39.2 Å². The highest BCUT2D eigenvalue weighted by Gasteiger charge is 2.21. The van der Waals surface area contributed by atoms with E-state index in [0.29, 0.717) is 6.42 Å². The van der Waals surface area contributed by atoms with Crippen LogP contribution in [0.4, 0.5) is 0 Å². The minimum Gasteiger partial charge on any atom is -0.378 e. The van der Waals surface area contributed by atoms with Crippen molar-refractivity contribution < 1.29 is 9.53 Å². The van der Waals surface area contributed by atoms with E-state index in [-0.39, 0.29) is 11.9 Å². The molecule has 15 heavy (non-hydrogen) atoms. The number of ether oxygens (including phenoxy) is 1. The van der Waals surface area contributed by atoms with Crippen LogP contribution >= 0.6 is 11.3 Å². The maximum absolute atomic E-state index is 12.0. The SMILES string of the molecule is Cc1cc(C(=O)CC2CCCO2)c(C)s1. The van der Waals surface area contributed by atoms with Gasteiger partial charge in [0.2, 0.25) is 0 Å². The van der Waals surface area contributed by atoms with Crippen molar-refractivity contribution in [3.63, 3.8) is 0 Å². The standard InChI is InChI=1S/C12H16O2S/c1-8-6-11(9(2)15-8)12(13)7-10-4-3-5-14-10/h6,10H,3-5,7H2,1-2H3. The number of rotatable bonds is 3. The molecular weight excluding hydrogens is 208 g/mol. The van der Waals surface area contributed by atoms with Crippen molar-refractivity contribution in [2.75, 3.05) is 6.61 Å². The molecule has 1 unspecified atom stereocenters. The average Bonchev–Trinajstić information content (AvgIpc) is 2.75. The van der Waals surface area contributed by atoms with Gasteiger partial charge in [-0.3, -0.25) is 4.79 Å². The first kappa shape index (κ1) is 10.8. The molecule has 2 nitrogen and oxygen atoms in total. The number of aryl methyl sites for hydroxylation is 2. The fourth-order valence-electron chi connectivity index (χ4n) is 2.03. The molecule has 0 amide bonds. The molecule has 2 rings (SSSR count). The number of ketones is 1. The van der Waals surface area contributed by atoms with Crippen LogP contribution in [0.15, 0.2) is 6.07 Å². The lowest BCUT2D eigenvalue weighted by atomic mass is 10.0. The van der Waals surface area contributed by atoms with Crippen molar-refractivity contribution in [1.82, 2.24) is 0 Å². The molecule has 0 bridgehead atoms. The summed E-state index contributed by atoms with van der Waals surface area (Å²) < 4.78 is 5.47. The molecule has 1 aromatic rings. The number of hydrogen-bond acceptors (Lipinski definition) is 3. The molecule has 0 N–H and O–H groups in total. The van der Waals surface area contributed by atoms with Crippen molar-refractivity contribution in [3.8, 4) is 0 Å². The molecular formula is C12H16O2S. The number of thiophene rings is 1. The predicted molar refractivity (Wildman–Crippen MR) is 61.7 cm³/mol. The van der Waals surface area contributed by atoms with Gasteiger partial charge in [-0.25, -0.2) is 0 Å². The number of hydrogen-bond donors (Lipinski definition) is 0. The van der Waals surface area contributed by atoms with E-state index in [4.69, 9.17) is 4.74 Å². The second-order valence-electron chi connectivity index (χ2n) is 4.09. The zero-order valence-corrected chi connectivity index (χ0v) is 10.0. The van der Waals surface area contributed by atoms with Crippen LogP contribution in [-0.4, -0.2) is 18.5 Å². The molecule has 1 aromatic heterocycles. The molecule has 1 saturated heterocycles. The third kappa shape index (κ3) is 2.47. The van der Waals surface area contributed by atoms with Gasteiger partial charge in [-0.15, -0.1) is 11.3 Å². The number of Topliss-reactive ketones (excluding diaryl/α,β-unsaturated/α-hetero) is 1. The molecule has 3 heteroatoms. The number of carbonyl (C=O) groups is 1. The average molecular weight is 224 g/mol. The van der Waals surface area contributed by atoms with E-state index >= 15 is 0 Å². The second-order valence-corrected chi connectivity index (χ2v) is 5.55. The summed E-state index contributed by atoms with van der Waals surface area (Å²) in [4.78, 5) is 14.3. The summed E-state index contributed by atoms with van der Waals surface area (Å²) in [6, 6.07) is 2.00. The van der Waals surface area contributed by atoms with Gasteiger partial charge in [0.1, 0.15) is 0 Å². The smallest absolute Gasteiger partial charge is 0.166 e. The Hall–Kier alpha value is -0.670. The fraction of sp³-hybridized carbons (Fsp3) is 0.583. The minimum absolute atomic E-state index is 0.164. The Morgan fingerprint density at radius 1 is 1.60 bits per heavy atom. The van der Waals surface area contributed by atoms with Gasteiger partial charge in [-0.2, -0.15) is 0 Å². The van der Waals surface area contributed by atoms with Gasteiger partial charge in [-0.1, -0.05) is 0 Å². The van der Waals surface area contributed by atoms with Crippen LogP contribution in [-0.2, 0) is 4.74 Å². The monoisotopic (exact) mass is 224 g/mol. The summed E-state index contributed by atoms with van der Waals surface area (Å²) in [5, 5.41) is 0. The highest BCUT2D eigenvalue weighted by Crippen LogP contribution is 2.24. The lowest BCUT2D eigenvalue weighted by Gasteiger charge is -2.07. The van der Waals surface area contributed by atoms with Crippen molar-refractivity contribution in [3.05, 3.63) is 21.4 Å². The molecule has 82 valence electrons. The number of carbonyl (C=O) groups excluding carboxylic acids is 1. The van der Waals surface area contributed by atoms with Gasteiger partial charge in [0, 0.05) is 28.3 Å². The summed E-state index contributed by atoms with van der Waals surface area (Å²) in [6.45, 7) is 4.88. The maximum Gasteiger partial charge on any atom is 0.166 e. The van der Waals surface area contributed by atoms with E-state index < -0.39 is 0 Å². The zero-order valence-electron chi connectivity index (χ0n) is 9.21. The van der Waals surface area contributed by atoms with E-state index in [0.717, 1.165) is 29.9 Å². The van der Waals surface area contributed by atoms with Gasteiger partial charge >= 0.3 is 0 Å². The molecule has 1 aliphatic heterocycles. The normalized spacial score (nSPS) is 20.8. The Morgan fingerprint density at radius 2 is 2.40 bits per heavy atom. The molecule has 0 saturated carbocycles. The summed E-state index contributed by atoms with van der Waals surface area (Å²) in [6.07, 6.45) is 2.85. The molecule has 0 radical (unpaired) electrons. The maximum atomic E-state index is 12.0. The van der Waals surface area contributed by atoms with Crippen LogP contribution in [0.2, 0.25) is 0 Å². The third-order valence-corrected chi connectivity index (χ3v) is 3.74. The van der Waals surface area contributed by atoms with E-state index in [1.165, 1.54) is 4.88 Å². The summed E-state index contributed by atoms with van der Waals surface area (Å²) in [5.41, 5.74) is 0.896. The van der Waals surface area contributed by atoms with Crippen molar-refractivity contribution in [1.29, 1.82) is 0 Å². The minimum atomic E-state index is 0.164. The Morgan fingerprint density at radius 3 is 2.93 bits per heavy atom. The molecule has 1 fully saturated rings. The highest BCUT2D eigenvalue weighted by atomic mass is 32.1. The van der Waals surface area contributed by atoms with E-state index in [9.17, 15) is 4.79 Å². The van der Waals surface area contributed by atoms with Gasteiger partial charge in [0.25, 0.3) is 0 Å². The van der Waals surface area contributed by atoms with Gasteiger partial charge in [0.05, 0.1) is 6.10 Å². The molecule has 1 aliphatic rings. The Labute approximate surface area is 94.3 Å². The lowest BCUT2D eigenvalue weighted by molar-refractivity contribution is 0.0775. The van der Waals surface area contributed by atoms with E-state index in [1.807, 2.05) is 19.9 Å². The molecule has 2 heterocycles. The van der Waals surface area contributed by atoms with Crippen LogP contribution in [0.1, 0.15) is 39.4 Å². The highest BCUT2D eigenvalue weighted by molar-refractivity contribution is 7.12. The van der Waals surface area contributed by atoms with Crippen LogP contribution in [0, 0.1) is 13.8 Å². The first-order valence-electron chi connectivity index (χ1n) is 5.38. The largest absolute Gasteiger partial charge is 0.378 e. The molecule has 0 spiro atoms. The summed E-state index contributed by atoms with van der Waals surface area (Å²) >= 11 is 1.69. The fourth-order valence-corrected chi connectivity index (χ4v) is 2.97. The molecule has 1 atom stereocenters. The third-order valence-electron chi connectivity index (χ3n) is 2.78. The van der Waals surface area contributed by atoms with Gasteiger partial charge < -0.3 is 4.74 Å². The molecule has 0 aromatic carbocycles. The van der Waals surface area contributed by atoms with E-state index in [1.54, 1.807) is 11.3 Å². The predicted octanol–water partition coefficient (Wildman–Crippen LogP) is 3.12. The Kier molecular flexibility index (Phi) is 3.22.